The average molecular weight is 363 g/mol. The Morgan fingerprint density at radius 3 is 2.48 bits per heavy atom. The van der Waals surface area contributed by atoms with Crippen LogP contribution in [0, 0.1) is 30.6 Å². The van der Waals surface area contributed by atoms with E-state index in [0.29, 0.717) is 23.4 Å². The zero-order chi connectivity index (χ0) is 18.3. The second-order valence-electron chi connectivity index (χ2n) is 6.51. The van der Waals surface area contributed by atoms with E-state index in [9.17, 15) is 19.5 Å². The third-order valence-corrected chi connectivity index (χ3v) is 6.30. The highest BCUT2D eigenvalue weighted by molar-refractivity contribution is 7.16. The number of carbonyl (C=O) groups is 3. The molecule has 2 aliphatic carbocycles. The number of aryl methyl sites for hydroxylation is 1. The lowest BCUT2D eigenvalue weighted by molar-refractivity contribution is -0.146. The lowest BCUT2D eigenvalue weighted by Crippen LogP contribution is -2.36. The molecular formula is C18H21NO5S. The molecule has 0 saturated heterocycles. The molecule has 3 rings (SSSR count). The van der Waals surface area contributed by atoms with Gasteiger partial charge in [0.2, 0.25) is 5.91 Å². The smallest absolute Gasteiger partial charge is 0.341 e. The molecule has 0 radical (unpaired) electrons. The van der Waals surface area contributed by atoms with E-state index in [0.717, 1.165) is 10.4 Å². The highest BCUT2D eigenvalue weighted by atomic mass is 32.1. The minimum atomic E-state index is -0.943. The van der Waals surface area contributed by atoms with Crippen LogP contribution >= 0.6 is 11.3 Å². The van der Waals surface area contributed by atoms with Crippen molar-refractivity contribution in [2.45, 2.75) is 26.7 Å². The zero-order valence-electron chi connectivity index (χ0n) is 14.4. The molecule has 1 aromatic rings. The highest BCUT2D eigenvalue weighted by Crippen LogP contribution is 2.48. The highest BCUT2D eigenvalue weighted by Gasteiger charge is 2.51. The molecular weight excluding hydrogens is 342 g/mol. The van der Waals surface area contributed by atoms with Crippen LogP contribution < -0.4 is 5.32 Å². The molecule has 7 heteroatoms. The summed E-state index contributed by atoms with van der Waals surface area (Å²) in [6, 6.07) is 0. The number of methoxy groups -OCH3 is 1. The second-order valence-corrected chi connectivity index (χ2v) is 7.74. The Morgan fingerprint density at radius 1 is 1.28 bits per heavy atom. The molecule has 0 spiro atoms. The first-order chi connectivity index (χ1) is 11.9. The number of aliphatic carboxylic acids is 1. The van der Waals surface area contributed by atoms with E-state index < -0.39 is 23.8 Å². The number of anilines is 1. The number of hydrogen-bond donors (Lipinski definition) is 2. The number of carbonyl (C=O) groups excluding carboxylic acids is 2. The predicted octanol–water partition coefficient (Wildman–Crippen LogP) is 2.87. The molecule has 4 atom stereocenters. The quantitative estimate of drug-likeness (QED) is 0.620. The molecule has 25 heavy (non-hydrogen) atoms. The van der Waals surface area contributed by atoms with Gasteiger partial charge in [0.05, 0.1) is 24.5 Å². The summed E-state index contributed by atoms with van der Waals surface area (Å²) in [5, 5.41) is 12.8. The Hall–Kier alpha value is -2.15. The van der Waals surface area contributed by atoms with Crippen LogP contribution in [0.2, 0.25) is 0 Å². The van der Waals surface area contributed by atoms with Crippen molar-refractivity contribution in [3.8, 4) is 0 Å². The summed E-state index contributed by atoms with van der Waals surface area (Å²) in [4.78, 5) is 37.5. The van der Waals surface area contributed by atoms with Crippen molar-refractivity contribution in [2.75, 3.05) is 12.4 Å². The standard InChI is InChI=1S/C18H21NO5S/c1-4-11-8(2)25-16(14(11)18(23)24-3)19-15(20)12-9-5-6-10(7-9)13(12)17(21)22/h5-6,9-10,12-13H,4,7H2,1-3H3,(H,19,20)(H,21,22)/t9-,10+,12+,13+/m1/s1. The largest absolute Gasteiger partial charge is 0.481 e. The van der Waals surface area contributed by atoms with Gasteiger partial charge < -0.3 is 15.2 Å². The van der Waals surface area contributed by atoms with Crippen LogP contribution in [0.5, 0.6) is 0 Å². The fourth-order valence-corrected chi connectivity index (χ4v) is 5.26. The zero-order valence-corrected chi connectivity index (χ0v) is 15.2. The summed E-state index contributed by atoms with van der Waals surface area (Å²) in [5.41, 5.74) is 1.24. The second kappa shape index (κ2) is 6.63. The van der Waals surface area contributed by atoms with Crippen LogP contribution in [-0.2, 0) is 20.7 Å². The van der Waals surface area contributed by atoms with E-state index >= 15 is 0 Å². The molecule has 134 valence electrons. The lowest BCUT2D eigenvalue weighted by atomic mass is 9.82. The molecule has 1 heterocycles. The summed E-state index contributed by atoms with van der Waals surface area (Å²) < 4.78 is 4.86. The molecule has 1 aromatic heterocycles. The molecule has 1 amide bonds. The van der Waals surface area contributed by atoms with Gasteiger partial charge in [0.25, 0.3) is 0 Å². The number of allylic oxidation sites excluding steroid dienone is 2. The Bertz CT molecular complexity index is 766. The van der Waals surface area contributed by atoms with Crippen molar-refractivity contribution in [3.63, 3.8) is 0 Å². The van der Waals surface area contributed by atoms with Gasteiger partial charge in [-0.05, 0) is 37.2 Å². The first-order valence-corrected chi connectivity index (χ1v) is 9.13. The maximum absolute atomic E-state index is 12.8. The number of thiophene rings is 1. The Labute approximate surface area is 149 Å². The van der Waals surface area contributed by atoms with E-state index in [1.165, 1.54) is 18.4 Å². The Kier molecular flexibility index (Phi) is 4.69. The molecule has 2 aliphatic rings. The maximum atomic E-state index is 12.8. The van der Waals surface area contributed by atoms with Crippen molar-refractivity contribution in [3.05, 3.63) is 28.2 Å². The van der Waals surface area contributed by atoms with Crippen LogP contribution in [0.25, 0.3) is 0 Å². The monoisotopic (exact) mass is 363 g/mol. The number of carboxylic acids is 1. The van der Waals surface area contributed by atoms with Gasteiger partial charge in [-0.1, -0.05) is 19.1 Å². The van der Waals surface area contributed by atoms with Crippen LogP contribution in [0.4, 0.5) is 5.00 Å². The molecule has 1 fully saturated rings. The van der Waals surface area contributed by atoms with Crippen LogP contribution in [-0.4, -0.2) is 30.1 Å². The summed E-state index contributed by atoms with van der Waals surface area (Å²) >= 11 is 1.33. The molecule has 1 saturated carbocycles. The fraction of sp³-hybridized carbons (Fsp3) is 0.500. The summed E-state index contributed by atoms with van der Waals surface area (Å²) in [6.07, 6.45) is 5.18. The number of esters is 1. The van der Waals surface area contributed by atoms with Crippen molar-refractivity contribution in [1.82, 2.24) is 0 Å². The molecule has 6 nitrogen and oxygen atoms in total. The number of ether oxygens (including phenoxy) is 1. The van der Waals surface area contributed by atoms with E-state index in [4.69, 9.17) is 4.74 Å². The van der Waals surface area contributed by atoms with E-state index in [2.05, 4.69) is 5.32 Å². The number of rotatable bonds is 5. The number of hydrogen-bond acceptors (Lipinski definition) is 5. The van der Waals surface area contributed by atoms with Gasteiger partial charge in [0.15, 0.2) is 0 Å². The van der Waals surface area contributed by atoms with E-state index in [1.54, 1.807) is 0 Å². The summed E-state index contributed by atoms with van der Waals surface area (Å²) in [6.45, 7) is 3.83. The number of carboxylic acid groups (broad SMARTS) is 1. The van der Waals surface area contributed by atoms with Crippen LogP contribution in [0.1, 0.15) is 34.1 Å². The first kappa shape index (κ1) is 17.7. The SMILES string of the molecule is CCc1c(C)sc(NC(=O)[C@@H]2[C@@H](C(=O)O)[C@H]3C=C[C@@H]2C3)c1C(=O)OC. The first-order valence-electron chi connectivity index (χ1n) is 8.31. The minimum absolute atomic E-state index is 0.0561. The van der Waals surface area contributed by atoms with Gasteiger partial charge in [0, 0.05) is 4.88 Å². The summed E-state index contributed by atoms with van der Waals surface area (Å²) in [7, 11) is 1.31. The molecule has 2 N–H and O–H groups in total. The lowest BCUT2D eigenvalue weighted by Gasteiger charge is -2.23. The Balaban J connectivity index is 1.90. The third kappa shape index (κ3) is 2.86. The van der Waals surface area contributed by atoms with E-state index in [-0.39, 0.29) is 17.7 Å². The molecule has 0 aliphatic heterocycles. The minimum Gasteiger partial charge on any atom is -0.481 e. The molecule has 2 bridgehead atoms. The number of fused-ring (bicyclic) bond motifs is 2. The van der Waals surface area contributed by atoms with Gasteiger partial charge >= 0.3 is 11.9 Å². The van der Waals surface area contributed by atoms with Gasteiger partial charge in [-0.2, -0.15) is 0 Å². The number of amides is 1. The topological polar surface area (TPSA) is 92.7 Å². The summed E-state index contributed by atoms with van der Waals surface area (Å²) in [5.74, 6) is -3.22. The third-order valence-electron chi connectivity index (χ3n) is 5.24. The van der Waals surface area contributed by atoms with Crippen molar-refractivity contribution < 1.29 is 24.2 Å². The Morgan fingerprint density at radius 2 is 1.92 bits per heavy atom. The van der Waals surface area contributed by atoms with Crippen molar-refractivity contribution >= 4 is 34.2 Å². The fourth-order valence-electron chi connectivity index (χ4n) is 4.12. The van der Waals surface area contributed by atoms with Gasteiger partial charge in [-0.25, -0.2) is 4.79 Å². The molecule has 0 unspecified atom stereocenters. The van der Waals surface area contributed by atoms with Crippen LogP contribution in [0.15, 0.2) is 12.2 Å². The molecule has 0 aromatic carbocycles. The van der Waals surface area contributed by atoms with Gasteiger partial charge in [0.1, 0.15) is 5.00 Å². The normalized spacial score (nSPS) is 26.7. The van der Waals surface area contributed by atoms with Gasteiger partial charge in [-0.3, -0.25) is 9.59 Å². The maximum Gasteiger partial charge on any atom is 0.341 e. The van der Waals surface area contributed by atoms with Gasteiger partial charge in [-0.15, -0.1) is 11.3 Å². The van der Waals surface area contributed by atoms with Crippen molar-refractivity contribution in [1.29, 1.82) is 0 Å². The average Bonchev–Trinajstić information content (AvgIpc) is 3.26. The van der Waals surface area contributed by atoms with Crippen molar-refractivity contribution in [2.24, 2.45) is 23.7 Å². The predicted molar refractivity (Wildman–Crippen MR) is 93.8 cm³/mol. The number of nitrogens with one attached hydrogen (secondary N) is 1. The van der Waals surface area contributed by atoms with Crippen LogP contribution in [0.3, 0.4) is 0 Å². The van der Waals surface area contributed by atoms with E-state index in [1.807, 2.05) is 26.0 Å².